The van der Waals surface area contributed by atoms with Crippen LogP contribution in [-0.2, 0) is 19.4 Å². The van der Waals surface area contributed by atoms with Gasteiger partial charge in [0.05, 0.1) is 5.75 Å². The van der Waals surface area contributed by atoms with Crippen molar-refractivity contribution in [1.82, 2.24) is 10.2 Å². The van der Waals surface area contributed by atoms with Crippen LogP contribution in [0.5, 0.6) is 0 Å². The Morgan fingerprint density at radius 3 is 2.30 bits per heavy atom. The van der Waals surface area contributed by atoms with Crippen LogP contribution in [0.15, 0.2) is 0 Å². The van der Waals surface area contributed by atoms with Gasteiger partial charge in [0.1, 0.15) is 11.6 Å². The van der Waals surface area contributed by atoms with Crippen molar-refractivity contribution in [3.63, 3.8) is 0 Å². The van der Waals surface area contributed by atoms with E-state index < -0.39 is 21.4 Å². The molecule has 1 aliphatic rings. The van der Waals surface area contributed by atoms with Gasteiger partial charge in [-0.1, -0.05) is 20.8 Å². The summed E-state index contributed by atoms with van der Waals surface area (Å²) in [6.45, 7) is 6.98. The minimum atomic E-state index is -3.16. The summed E-state index contributed by atoms with van der Waals surface area (Å²) in [6.07, 6.45) is 0.953. The number of hydrogen-bond acceptors (Lipinski definition) is 4. The molecule has 1 saturated heterocycles. The van der Waals surface area contributed by atoms with Crippen molar-refractivity contribution >= 4 is 21.7 Å². The molecule has 0 aromatic carbocycles. The molecule has 0 aliphatic carbocycles. The van der Waals surface area contributed by atoms with Crippen LogP contribution >= 0.6 is 0 Å². The molecule has 20 heavy (non-hydrogen) atoms. The van der Waals surface area contributed by atoms with Crippen molar-refractivity contribution in [1.29, 1.82) is 0 Å². The van der Waals surface area contributed by atoms with Gasteiger partial charge < -0.3 is 10.2 Å². The molecule has 2 unspecified atom stereocenters. The Hall–Kier alpha value is -1.11. The summed E-state index contributed by atoms with van der Waals surface area (Å²) in [7, 11) is -3.16. The lowest BCUT2D eigenvalue weighted by atomic mass is 9.91. The Labute approximate surface area is 120 Å². The maximum atomic E-state index is 12.5. The molecule has 0 spiro atoms. The standard InChI is InChI=1S/C13H24N2O4S/c1-5-10-11(16)14-13(4,6-2)12(17)15(10)8-9-20(18,19)7-3/h10H,5-9H2,1-4H3,(H,14,16). The van der Waals surface area contributed by atoms with E-state index in [1.54, 1.807) is 13.8 Å². The average Bonchev–Trinajstić information content (AvgIpc) is 2.41. The summed E-state index contributed by atoms with van der Waals surface area (Å²) >= 11 is 0. The molecule has 6 nitrogen and oxygen atoms in total. The van der Waals surface area contributed by atoms with E-state index in [0.29, 0.717) is 12.8 Å². The zero-order valence-electron chi connectivity index (χ0n) is 12.6. The Morgan fingerprint density at radius 1 is 1.25 bits per heavy atom. The van der Waals surface area contributed by atoms with Gasteiger partial charge in [-0.3, -0.25) is 9.59 Å². The highest BCUT2D eigenvalue weighted by Gasteiger charge is 2.46. The zero-order valence-corrected chi connectivity index (χ0v) is 13.4. The Balaban J connectivity index is 2.98. The van der Waals surface area contributed by atoms with Gasteiger partial charge >= 0.3 is 0 Å². The average molecular weight is 304 g/mol. The van der Waals surface area contributed by atoms with Crippen LogP contribution in [0, 0.1) is 0 Å². The van der Waals surface area contributed by atoms with Crippen LogP contribution in [-0.4, -0.2) is 54.8 Å². The maximum absolute atomic E-state index is 12.5. The van der Waals surface area contributed by atoms with Gasteiger partial charge in [0, 0.05) is 12.3 Å². The van der Waals surface area contributed by atoms with E-state index in [1.807, 2.05) is 13.8 Å². The number of piperazine rings is 1. The first-order valence-electron chi connectivity index (χ1n) is 7.04. The fourth-order valence-electron chi connectivity index (χ4n) is 2.29. The number of sulfone groups is 1. The number of carbonyl (C=O) groups excluding carboxylic acids is 2. The third kappa shape index (κ3) is 3.31. The topological polar surface area (TPSA) is 83.6 Å². The Kier molecular flexibility index (Phi) is 5.18. The van der Waals surface area contributed by atoms with Gasteiger partial charge in [0.15, 0.2) is 9.84 Å². The van der Waals surface area contributed by atoms with Gasteiger partial charge in [0.2, 0.25) is 11.8 Å². The van der Waals surface area contributed by atoms with Crippen LogP contribution < -0.4 is 5.32 Å². The van der Waals surface area contributed by atoms with Crippen LogP contribution in [0.4, 0.5) is 0 Å². The summed E-state index contributed by atoms with van der Waals surface area (Å²) in [5.41, 5.74) is -0.932. The summed E-state index contributed by atoms with van der Waals surface area (Å²) < 4.78 is 23.2. The second kappa shape index (κ2) is 6.11. The number of hydrogen-bond donors (Lipinski definition) is 1. The fourth-order valence-corrected chi connectivity index (χ4v) is 3.06. The first-order valence-corrected chi connectivity index (χ1v) is 8.86. The van der Waals surface area contributed by atoms with Gasteiger partial charge in [-0.15, -0.1) is 0 Å². The van der Waals surface area contributed by atoms with Gasteiger partial charge in [-0.05, 0) is 19.8 Å². The predicted octanol–water partition coefficient (Wildman–Crippen LogP) is 0.327. The molecule has 0 radical (unpaired) electrons. The predicted molar refractivity (Wildman–Crippen MR) is 77.0 cm³/mol. The molecule has 0 bridgehead atoms. The zero-order chi connectivity index (χ0) is 15.6. The van der Waals surface area contributed by atoms with E-state index in [0.717, 1.165) is 0 Å². The van der Waals surface area contributed by atoms with E-state index in [4.69, 9.17) is 0 Å². The van der Waals surface area contributed by atoms with Crippen LogP contribution in [0.2, 0.25) is 0 Å². The molecule has 1 fully saturated rings. The summed E-state index contributed by atoms with van der Waals surface area (Å²) in [6, 6.07) is -0.575. The lowest BCUT2D eigenvalue weighted by Gasteiger charge is -2.43. The number of carbonyl (C=O) groups is 2. The third-order valence-corrected chi connectivity index (χ3v) is 5.67. The van der Waals surface area contributed by atoms with E-state index >= 15 is 0 Å². The smallest absolute Gasteiger partial charge is 0.248 e. The Morgan fingerprint density at radius 2 is 1.85 bits per heavy atom. The molecule has 1 N–H and O–H groups in total. The molecule has 0 aromatic heterocycles. The molecular formula is C13H24N2O4S. The molecule has 2 atom stereocenters. The van der Waals surface area contributed by atoms with E-state index in [9.17, 15) is 18.0 Å². The monoisotopic (exact) mass is 304 g/mol. The van der Waals surface area contributed by atoms with Crippen molar-refractivity contribution < 1.29 is 18.0 Å². The second-order valence-corrected chi connectivity index (χ2v) is 7.81. The summed E-state index contributed by atoms with van der Waals surface area (Å²) in [5.74, 6) is -0.454. The highest BCUT2D eigenvalue weighted by atomic mass is 32.2. The normalized spacial score (nSPS) is 27.6. The first-order chi connectivity index (χ1) is 9.20. The lowest BCUT2D eigenvalue weighted by Crippen LogP contribution is -2.69. The molecule has 0 saturated carbocycles. The Bertz CT molecular complexity index is 489. The highest BCUT2D eigenvalue weighted by molar-refractivity contribution is 7.91. The van der Waals surface area contributed by atoms with Crippen molar-refractivity contribution in [2.45, 2.75) is 52.1 Å². The molecule has 1 rings (SSSR count). The molecule has 1 aliphatic heterocycles. The summed E-state index contributed by atoms with van der Waals surface area (Å²) in [4.78, 5) is 26.0. The quantitative estimate of drug-likeness (QED) is 0.766. The molecule has 2 amide bonds. The second-order valence-electron chi connectivity index (χ2n) is 5.33. The molecule has 7 heteroatoms. The molecule has 1 heterocycles. The third-order valence-electron chi connectivity index (χ3n) is 3.99. The van der Waals surface area contributed by atoms with Gasteiger partial charge in [0.25, 0.3) is 0 Å². The fraction of sp³-hybridized carbons (Fsp3) is 0.846. The van der Waals surface area contributed by atoms with Crippen molar-refractivity contribution in [3.8, 4) is 0 Å². The molecule has 116 valence electrons. The highest BCUT2D eigenvalue weighted by Crippen LogP contribution is 2.22. The van der Waals surface area contributed by atoms with Crippen LogP contribution in [0.3, 0.4) is 0 Å². The van der Waals surface area contributed by atoms with Gasteiger partial charge in [-0.25, -0.2) is 8.42 Å². The number of rotatable bonds is 6. The lowest BCUT2D eigenvalue weighted by molar-refractivity contribution is -0.154. The van der Waals surface area contributed by atoms with Crippen molar-refractivity contribution in [2.24, 2.45) is 0 Å². The maximum Gasteiger partial charge on any atom is 0.248 e. The largest absolute Gasteiger partial charge is 0.340 e. The van der Waals surface area contributed by atoms with Crippen molar-refractivity contribution in [3.05, 3.63) is 0 Å². The minimum absolute atomic E-state index is 0.0447. The van der Waals surface area contributed by atoms with Crippen LogP contribution in [0.25, 0.3) is 0 Å². The molecule has 0 aromatic rings. The number of nitrogens with one attached hydrogen (secondary N) is 1. The SMILES string of the molecule is CCC1C(=O)NC(C)(CC)C(=O)N1CCS(=O)(=O)CC. The van der Waals surface area contributed by atoms with E-state index in [-0.39, 0.29) is 29.9 Å². The van der Waals surface area contributed by atoms with E-state index in [1.165, 1.54) is 4.90 Å². The van der Waals surface area contributed by atoms with E-state index in [2.05, 4.69) is 5.32 Å². The van der Waals surface area contributed by atoms with Gasteiger partial charge in [-0.2, -0.15) is 0 Å². The number of amides is 2. The number of nitrogens with zero attached hydrogens (tertiary/aromatic N) is 1. The van der Waals surface area contributed by atoms with Crippen molar-refractivity contribution in [2.75, 3.05) is 18.1 Å². The first kappa shape index (κ1) is 16.9. The van der Waals surface area contributed by atoms with Crippen LogP contribution in [0.1, 0.15) is 40.5 Å². The molecular weight excluding hydrogens is 280 g/mol. The minimum Gasteiger partial charge on any atom is -0.340 e. The summed E-state index contributed by atoms with van der Waals surface area (Å²) in [5, 5.41) is 2.75.